The van der Waals surface area contributed by atoms with E-state index in [0.717, 1.165) is 12.5 Å². The van der Waals surface area contributed by atoms with Gasteiger partial charge in [0.15, 0.2) is 0 Å². The van der Waals surface area contributed by atoms with Crippen LogP contribution in [0.4, 0.5) is 0 Å². The van der Waals surface area contributed by atoms with Gasteiger partial charge in [-0.15, -0.1) is 0 Å². The summed E-state index contributed by atoms with van der Waals surface area (Å²) in [5, 5.41) is 0. The number of rotatable bonds is 4. The van der Waals surface area contributed by atoms with Crippen molar-refractivity contribution in [3.8, 4) is 0 Å². The lowest BCUT2D eigenvalue weighted by Gasteiger charge is -2.32. The smallest absolute Gasteiger partial charge is 0.00951 e. The Labute approximate surface area is 82.8 Å². The van der Waals surface area contributed by atoms with Gasteiger partial charge in [0.2, 0.25) is 0 Å². The van der Waals surface area contributed by atoms with Gasteiger partial charge in [-0.1, -0.05) is 18.6 Å². The van der Waals surface area contributed by atoms with E-state index in [1.165, 1.54) is 38.6 Å². The molecule has 0 aliphatic carbocycles. The van der Waals surface area contributed by atoms with Crippen molar-refractivity contribution in [1.29, 1.82) is 0 Å². The Hall–Kier alpha value is -0.300. The van der Waals surface area contributed by atoms with E-state index in [2.05, 4.69) is 31.0 Å². The second-order valence-electron chi connectivity index (χ2n) is 3.97. The summed E-state index contributed by atoms with van der Waals surface area (Å²) in [4.78, 5) is 2.52. The molecular formula is C12H22N. The number of nitrogens with zero attached hydrogens (tertiary/aromatic N) is 1. The predicted molar refractivity (Wildman–Crippen MR) is 58.6 cm³/mol. The van der Waals surface area contributed by atoms with Crippen LogP contribution in [0, 0.1) is 6.92 Å². The van der Waals surface area contributed by atoms with Crippen LogP contribution in [-0.4, -0.2) is 24.5 Å². The minimum absolute atomic E-state index is 0.836. The second kappa shape index (κ2) is 6.20. The molecule has 1 unspecified atom stereocenters. The first kappa shape index (κ1) is 10.8. The van der Waals surface area contributed by atoms with Crippen molar-refractivity contribution < 1.29 is 0 Å². The molecule has 0 bridgehead atoms. The molecule has 0 aromatic heterocycles. The van der Waals surface area contributed by atoms with Gasteiger partial charge in [-0.25, -0.2) is 0 Å². The van der Waals surface area contributed by atoms with Crippen molar-refractivity contribution >= 4 is 0 Å². The summed E-state index contributed by atoms with van der Waals surface area (Å²) < 4.78 is 0. The Kier molecular flexibility index (Phi) is 5.14. The van der Waals surface area contributed by atoms with Gasteiger partial charge in [-0.3, -0.25) is 0 Å². The molecule has 1 aliphatic rings. The topological polar surface area (TPSA) is 3.24 Å². The van der Waals surface area contributed by atoms with E-state index < -0.39 is 0 Å². The molecule has 13 heavy (non-hydrogen) atoms. The van der Waals surface area contributed by atoms with Crippen LogP contribution in [0.25, 0.3) is 0 Å². The molecule has 1 heteroatoms. The SMILES string of the molecule is [CH2]CC=CCCC1CCCCN1C. The van der Waals surface area contributed by atoms with Crippen LogP contribution in [0.3, 0.4) is 0 Å². The molecule has 1 fully saturated rings. The second-order valence-corrected chi connectivity index (χ2v) is 3.97. The highest BCUT2D eigenvalue weighted by Gasteiger charge is 2.17. The van der Waals surface area contributed by atoms with Crippen molar-refractivity contribution in [2.45, 2.75) is 44.6 Å². The van der Waals surface area contributed by atoms with E-state index in [0.29, 0.717) is 0 Å². The number of piperidine rings is 1. The Bertz CT molecular complexity index is 151. The summed E-state index contributed by atoms with van der Waals surface area (Å²) in [6, 6.07) is 0.836. The van der Waals surface area contributed by atoms with Crippen LogP contribution < -0.4 is 0 Å². The molecule has 1 radical (unpaired) electrons. The Morgan fingerprint density at radius 2 is 2.23 bits per heavy atom. The Balaban J connectivity index is 2.15. The third kappa shape index (κ3) is 3.95. The lowest BCUT2D eigenvalue weighted by atomic mass is 9.98. The molecule has 75 valence electrons. The maximum absolute atomic E-state index is 3.79. The molecular weight excluding hydrogens is 158 g/mol. The van der Waals surface area contributed by atoms with E-state index in [9.17, 15) is 0 Å². The van der Waals surface area contributed by atoms with Gasteiger partial charge in [0.25, 0.3) is 0 Å². The molecule has 0 spiro atoms. The normalized spacial score (nSPS) is 25.5. The quantitative estimate of drug-likeness (QED) is 0.601. The fraction of sp³-hybridized carbons (Fsp3) is 0.750. The highest BCUT2D eigenvalue weighted by atomic mass is 15.1. The molecule has 1 heterocycles. The lowest BCUT2D eigenvalue weighted by Crippen LogP contribution is -2.35. The van der Waals surface area contributed by atoms with Crippen molar-refractivity contribution in [3.63, 3.8) is 0 Å². The molecule has 0 aromatic carbocycles. The molecule has 0 saturated carbocycles. The van der Waals surface area contributed by atoms with Gasteiger partial charge in [-0.2, -0.15) is 0 Å². The molecule has 1 aliphatic heterocycles. The number of hydrogen-bond acceptors (Lipinski definition) is 1. The van der Waals surface area contributed by atoms with Crippen LogP contribution in [0.2, 0.25) is 0 Å². The first-order chi connectivity index (χ1) is 6.34. The van der Waals surface area contributed by atoms with Gasteiger partial charge in [-0.05, 0) is 52.6 Å². The summed E-state index contributed by atoms with van der Waals surface area (Å²) in [6.45, 7) is 5.08. The van der Waals surface area contributed by atoms with Crippen LogP contribution in [0.1, 0.15) is 38.5 Å². The minimum Gasteiger partial charge on any atom is -0.303 e. The van der Waals surface area contributed by atoms with E-state index in [-0.39, 0.29) is 0 Å². The van der Waals surface area contributed by atoms with E-state index >= 15 is 0 Å². The lowest BCUT2D eigenvalue weighted by molar-refractivity contribution is 0.177. The maximum atomic E-state index is 3.79. The van der Waals surface area contributed by atoms with Crippen molar-refractivity contribution in [3.05, 3.63) is 19.1 Å². The number of likely N-dealkylation sites (tertiary alicyclic amines) is 1. The summed E-state index contributed by atoms with van der Waals surface area (Å²) >= 11 is 0. The zero-order valence-electron chi connectivity index (χ0n) is 8.84. The van der Waals surface area contributed by atoms with E-state index in [4.69, 9.17) is 0 Å². The average molecular weight is 180 g/mol. The third-order valence-corrected chi connectivity index (χ3v) is 2.92. The van der Waals surface area contributed by atoms with Crippen molar-refractivity contribution in [2.24, 2.45) is 0 Å². The molecule has 0 amide bonds. The van der Waals surface area contributed by atoms with Crippen LogP contribution >= 0.6 is 0 Å². The van der Waals surface area contributed by atoms with Crippen LogP contribution in [0.15, 0.2) is 12.2 Å². The molecule has 1 nitrogen and oxygen atoms in total. The van der Waals surface area contributed by atoms with Gasteiger partial charge in [0, 0.05) is 6.04 Å². The fourth-order valence-electron chi connectivity index (χ4n) is 2.03. The van der Waals surface area contributed by atoms with Crippen molar-refractivity contribution in [1.82, 2.24) is 4.90 Å². The predicted octanol–water partition coefficient (Wildman–Crippen LogP) is 3.03. The molecule has 1 saturated heterocycles. The van der Waals surface area contributed by atoms with Crippen LogP contribution in [-0.2, 0) is 0 Å². The summed E-state index contributed by atoms with van der Waals surface area (Å²) in [5.41, 5.74) is 0. The van der Waals surface area contributed by atoms with Gasteiger partial charge in [0.05, 0.1) is 0 Å². The highest BCUT2D eigenvalue weighted by Crippen LogP contribution is 2.18. The standard InChI is InChI=1S/C12H22N/c1-3-4-5-6-9-12-10-7-8-11-13(12)2/h4-5,12H,1,3,6-11H2,2H3. The fourth-order valence-corrected chi connectivity index (χ4v) is 2.03. The number of allylic oxidation sites excluding steroid dienone is 2. The maximum Gasteiger partial charge on any atom is 0.00951 e. The molecule has 0 aromatic rings. The largest absolute Gasteiger partial charge is 0.303 e. The summed E-state index contributed by atoms with van der Waals surface area (Å²) in [5.74, 6) is 0. The summed E-state index contributed by atoms with van der Waals surface area (Å²) in [6.07, 6.45) is 12.1. The van der Waals surface area contributed by atoms with E-state index in [1.807, 2.05) is 0 Å². The van der Waals surface area contributed by atoms with Gasteiger partial charge < -0.3 is 4.90 Å². The first-order valence-corrected chi connectivity index (χ1v) is 5.49. The monoisotopic (exact) mass is 180 g/mol. The molecule has 0 N–H and O–H groups in total. The Morgan fingerprint density at radius 3 is 2.92 bits per heavy atom. The van der Waals surface area contributed by atoms with Gasteiger partial charge >= 0.3 is 0 Å². The van der Waals surface area contributed by atoms with Crippen LogP contribution in [0.5, 0.6) is 0 Å². The zero-order chi connectivity index (χ0) is 9.52. The summed E-state index contributed by atoms with van der Waals surface area (Å²) in [7, 11) is 2.26. The first-order valence-electron chi connectivity index (χ1n) is 5.49. The minimum atomic E-state index is 0.836. The highest BCUT2D eigenvalue weighted by molar-refractivity contribution is 4.85. The van der Waals surface area contributed by atoms with Gasteiger partial charge in [0.1, 0.15) is 0 Å². The van der Waals surface area contributed by atoms with Crippen molar-refractivity contribution in [2.75, 3.05) is 13.6 Å². The molecule has 1 rings (SSSR count). The molecule has 1 atom stereocenters. The Morgan fingerprint density at radius 1 is 1.38 bits per heavy atom. The number of hydrogen-bond donors (Lipinski definition) is 0. The zero-order valence-corrected chi connectivity index (χ0v) is 8.84. The average Bonchev–Trinajstić information content (AvgIpc) is 2.15. The van der Waals surface area contributed by atoms with E-state index in [1.54, 1.807) is 0 Å². The third-order valence-electron chi connectivity index (χ3n) is 2.92.